The standard InChI is InChI=1S/C17H15NO5/c1-22-16(21)17(9-5-2-6-10-17)11-23-18-14(19)12-7-3-4-8-13(12)15(18)20/h2-9H,10-11H2,1H3. The monoisotopic (exact) mass is 313 g/mol. The summed E-state index contributed by atoms with van der Waals surface area (Å²) in [6.07, 6.45) is 7.37. The molecule has 1 unspecified atom stereocenters. The number of carbonyl (C=O) groups is 3. The zero-order chi connectivity index (χ0) is 16.4. The molecule has 23 heavy (non-hydrogen) atoms. The number of ether oxygens (including phenoxy) is 1. The fraction of sp³-hybridized carbons (Fsp3) is 0.235. The molecule has 1 aromatic rings. The van der Waals surface area contributed by atoms with Crippen LogP contribution >= 0.6 is 0 Å². The van der Waals surface area contributed by atoms with Crippen LogP contribution in [-0.2, 0) is 14.4 Å². The second-order valence-electron chi connectivity index (χ2n) is 5.36. The Bertz CT molecular complexity index is 701. The molecule has 0 bridgehead atoms. The average molecular weight is 313 g/mol. The Kier molecular flexibility index (Phi) is 3.83. The highest BCUT2D eigenvalue weighted by molar-refractivity contribution is 6.20. The molecule has 0 fully saturated rings. The molecule has 1 aromatic carbocycles. The van der Waals surface area contributed by atoms with Gasteiger partial charge in [-0.25, -0.2) is 0 Å². The van der Waals surface area contributed by atoms with Gasteiger partial charge in [-0.2, -0.15) is 0 Å². The zero-order valence-corrected chi connectivity index (χ0v) is 12.5. The summed E-state index contributed by atoms with van der Waals surface area (Å²) in [6.45, 7) is -0.161. The molecule has 3 rings (SSSR count). The largest absolute Gasteiger partial charge is 0.468 e. The number of esters is 1. The lowest BCUT2D eigenvalue weighted by Gasteiger charge is -2.29. The number of methoxy groups -OCH3 is 1. The molecule has 118 valence electrons. The number of amides is 2. The molecule has 0 N–H and O–H groups in total. The Morgan fingerprint density at radius 1 is 1.17 bits per heavy atom. The van der Waals surface area contributed by atoms with E-state index in [1.54, 1.807) is 36.4 Å². The van der Waals surface area contributed by atoms with Crippen molar-refractivity contribution in [2.75, 3.05) is 13.7 Å². The van der Waals surface area contributed by atoms with Gasteiger partial charge >= 0.3 is 5.97 Å². The highest BCUT2D eigenvalue weighted by Gasteiger charge is 2.42. The summed E-state index contributed by atoms with van der Waals surface area (Å²) in [4.78, 5) is 42.0. The van der Waals surface area contributed by atoms with Gasteiger partial charge in [0, 0.05) is 0 Å². The minimum Gasteiger partial charge on any atom is -0.468 e. The van der Waals surface area contributed by atoms with Crippen molar-refractivity contribution in [1.29, 1.82) is 0 Å². The summed E-state index contributed by atoms with van der Waals surface area (Å²) in [5, 5.41) is 0.710. The van der Waals surface area contributed by atoms with Crippen LogP contribution in [0.4, 0.5) is 0 Å². The molecule has 1 atom stereocenters. The lowest BCUT2D eigenvalue weighted by Crippen LogP contribution is -2.40. The molecule has 2 amide bonds. The van der Waals surface area contributed by atoms with Crippen LogP contribution < -0.4 is 0 Å². The maximum atomic E-state index is 12.3. The van der Waals surface area contributed by atoms with Crippen LogP contribution in [0.15, 0.2) is 48.6 Å². The van der Waals surface area contributed by atoms with Crippen molar-refractivity contribution in [2.45, 2.75) is 6.42 Å². The third-order valence-corrected chi connectivity index (χ3v) is 3.94. The van der Waals surface area contributed by atoms with E-state index >= 15 is 0 Å². The third-order valence-electron chi connectivity index (χ3n) is 3.94. The minimum atomic E-state index is -1.04. The molecular formula is C17H15NO5. The van der Waals surface area contributed by atoms with Crippen LogP contribution in [0.2, 0.25) is 0 Å². The van der Waals surface area contributed by atoms with E-state index < -0.39 is 23.2 Å². The van der Waals surface area contributed by atoms with E-state index in [0.29, 0.717) is 22.6 Å². The first-order valence-corrected chi connectivity index (χ1v) is 7.12. The van der Waals surface area contributed by atoms with Gasteiger partial charge in [0.15, 0.2) is 0 Å². The Morgan fingerprint density at radius 2 is 1.83 bits per heavy atom. The summed E-state index contributed by atoms with van der Waals surface area (Å²) in [7, 11) is 1.29. The number of hydrogen-bond donors (Lipinski definition) is 0. The number of fused-ring (bicyclic) bond motifs is 1. The van der Waals surface area contributed by atoms with E-state index in [-0.39, 0.29) is 6.61 Å². The fourth-order valence-electron chi connectivity index (χ4n) is 2.65. The van der Waals surface area contributed by atoms with Gasteiger partial charge in [0.05, 0.1) is 24.8 Å². The number of carbonyl (C=O) groups excluding carboxylic acids is 3. The number of imide groups is 1. The quantitative estimate of drug-likeness (QED) is 0.627. The summed E-state index contributed by atoms with van der Waals surface area (Å²) >= 11 is 0. The van der Waals surface area contributed by atoms with E-state index in [1.807, 2.05) is 12.2 Å². The van der Waals surface area contributed by atoms with Crippen molar-refractivity contribution < 1.29 is 24.0 Å². The van der Waals surface area contributed by atoms with Crippen LogP contribution in [0.1, 0.15) is 27.1 Å². The lowest BCUT2D eigenvalue weighted by molar-refractivity contribution is -0.163. The van der Waals surface area contributed by atoms with Crippen LogP contribution in [-0.4, -0.2) is 36.6 Å². The molecule has 1 aliphatic carbocycles. The predicted octanol–water partition coefficient (Wildman–Crippen LogP) is 1.89. The maximum absolute atomic E-state index is 12.3. The first-order chi connectivity index (χ1) is 11.1. The number of hydroxylamine groups is 2. The zero-order valence-electron chi connectivity index (χ0n) is 12.5. The van der Waals surface area contributed by atoms with Gasteiger partial charge in [-0.05, 0) is 18.6 Å². The van der Waals surface area contributed by atoms with Crippen LogP contribution in [0, 0.1) is 5.41 Å². The van der Waals surface area contributed by atoms with Gasteiger partial charge in [0.2, 0.25) is 0 Å². The van der Waals surface area contributed by atoms with Gasteiger partial charge in [-0.1, -0.05) is 36.4 Å². The maximum Gasteiger partial charge on any atom is 0.318 e. The summed E-state index contributed by atoms with van der Waals surface area (Å²) in [5.41, 5.74) is -0.453. The molecule has 2 aliphatic rings. The third kappa shape index (κ3) is 2.47. The van der Waals surface area contributed by atoms with Gasteiger partial charge in [-0.3, -0.25) is 19.2 Å². The second-order valence-corrected chi connectivity index (χ2v) is 5.36. The van der Waals surface area contributed by atoms with Crippen molar-refractivity contribution in [3.63, 3.8) is 0 Å². The molecule has 6 nitrogen and oxygen atoms in total. The SMILES string of the molecule is COC(=O)C1(CON2C(=O)c3ccccc3C2=O)C=CC=CC1. The van der Waals surface area contributed by atoms with Gasteiger partial charge < -0.3 is 4.74 Å². The van der Waals surface area contributed by atoms with Crippen molar-refractivity contribution in [3.8, 4) is 0 Å². The minimum absolute atomic E-state index is 0.161. The number of allylic oxidation sites excluding steroid dienone is 3. The van der Waals surface area contributed by atoms with E-state index in [9.17, 15) is 14.4 Å². The van der Waals surface area contributed by atoms with E-state index in [1.165, 1.54) is 7.11 Å². The fourth-order valence-corrected chi connectivity index (χ4v) is 2.65. The first-order valence-electron chi connectivity index (χ1n) is 7.12. The normalized spacial score (nSPS) is 22.4. The first kappa shape index (κ1) is 15.2. The van der Waals surface area contributed by atoms with Gasteiger partial charge in [0.25, 0.3) is 11.8 Å². The molecule has 1 aliphatic heterocycles. The van der Waals surface area contributed by atoms with Crippen molar-refractivity contribution >= 4 is 17.8 Å². The van der Waals surface area contributed by atoms with E-state index in [0.717, 1.165) is 0 Å². The highest BCUT2D eigenvalue weighted by Crippen LogP contribution is 2.31. The average Bonchev–Trinajstić information content (AvgIpc) is 2.84. The van der Waals surface area contributed by atoms with Crippen LogP contribution in [0.3, 0.4) is 0 Å². The van der Waals surface area contributed by atoms with Gasteiger partial charge in [0.1, 0.15) is 5.41 Å². The van der Waals surface area contributed by atoms with Crippen molar-refractivity contribution in [3.05, 3.63) is 59.7 Å². The van der Waals surface area contributed by atoms with Crippen molar-refractivity contribution in [2.24, 2.45) is 5.41 Å². The number of hydrogen-bond acceptors (Lipinski definition) is 5. The summed E-state index contributed by atoms with van der Waals surface area (Å²) in [5.74, 6) is -1.53. The molecular weight excluding hydrogens is 298 g/mol. The molecule has 0 saturated carbocycles. The van der Waals surface area contributed by atoms with Crippen LogP contribution in [0.25, 0.3) is 0 Å². The summed E-state index contributed by atoms with van der Waals surface area (Å²) < 4.78 is 4.83. The van der Waals surface area contributed by atoms with E-state index in [2.05, 4.69) is 0 Å². The second kappa shape index (κ2) is 5.81. The molecule has 0 spiro atoms. The Balaban J connectivity index is 1.79. The smallest absolute Gasteiger partial charge is 0.318 e. The Labute approximate surface area is 132 Å². The van der Waals surface area contributed by atoms with Crippen LogP contribution in [0.5, 0.6) is 0 Å². The topological polar surface area (TPSA) is 72.9 Å². The Morgan fingerprint density at radius 3 is 2.35 bits per heavy atom. The molecule has 6 heteroatoms. The van der Waals surface area contributed by atoms with E-state index in [4.69, 9.17) is 9.57 Å². The van der Waals surface area contributed by atoms with Gasteiger partial charge in [-0.15, -0.1) is 5.06 Å². The predicted molar refractivity (Wildman–Crippen MR) is 80.2 cm³/mol. The summed E-state index contributed by atoms with van der Waals surface area (Å²) in [6, 6.07) is 6.49. The van der Waals surface area contributed by atoms with Crippen molar-refractivity contribution in [1.82, 2.24) is 5.06 Å². The highest BCUT2D eigenvalue weighted by atomic mass is 16.7. The lowest BCUT2D eigenvalue weighted by atomic mass is 9.82. The molecule has 0 saturated heterocycles. The number of rotatable bonds is 4. The Hall–Kier alpha value is -2.73. The number of benzene rings is 1. The molecule has 1 heterocycles. The number of nitrogens with zero attached hydrogens (tertiary/aromatic N) is 1. The molecule has 0 radical (unpaired) electrons. The molecule has 0 aromatic heterocycles.